The maximum atomic E-state index is 8.76. The highest BCUT2D eigenvalue weighted by Crippen LogP contribution is 2.19. The highest BCUT2D eigenvalue weighted by molar-refractivity contribution is 9.10. The number of hydrogen-bond donors (Lipinski definition) is 1. The predicted molar refractivity (Wildman–Crippen MR) is 113 cm³/mol. The molecule has 0 fully saturated rings. The molecule has 0 atom stereocenters. The van der Waals surface area contributed by atoms with Crippen LogP contribution in [0.2, 0.25) is 15.5 Å². The lowest BCUT2D eigenvalue weighted by atomic mass is 10.1. The molecule has 28 heavy (non-hydrogen) atoms. The molecule has 10 heteroatoms. The molecule has 0 saturated carbocycles. The summed E-state index contributed by atoms with van der Waals surface area (Å²) in [6, 6.07) is 11.6. The summed E-state index contributed by atoms with van der Waals surface area (Å²) in [5, 5.41) is 10.9. The summed E-state index contributed by atoms with van der Waals surface area (Å²) in [5.41, 5.74) is 2.88. The minimum atomic E-state index is 0.156. The third kappa shape index (κ3) is 5.40. The van der Waals surface area contributed by atoms with Crippen molar-refractivity contribution >= 4 is 61.8 Å². The van der Waals surface area contributed by atoms with E-state index >= 15 is 0 Å². The Bertz CT molecular complexity index is 1150. The number of fused-ring (bicyclic) bond motifs is 1. The Labute approximate surface area is 183 Å². The Morgan fingerprint density at radius 3 is 2.43 bits per heavy atom. The molecule has 0 saturated heterocycles. The van der Waals surface area contributed by atoms with Gasteiger partial charge < -0.3 is 4.98 Å². The van der Waals surface area contributed by atoms with Crippen molar-refractivity contribution in [3.63, 3.8) is 0 Å². The number of nitrogens with one attached hydrogen (secondary N) is 1. The molecular formula is C18H10BrCl3N6. The van der Waals surface area contributed by atoms with E-state index in [0.29, 0.717) is 15.3 Å². The largest absolute Gasteiger partial charge is 0.343 e. The second-order valence-corrected chi connectivity index (χ2v) is 7.47. The molecule has 0 bridgehead atoms. The lowest BCUT2D eigenvalue weighted by molar-refractivity contribution is 1.09. The summed E-state index contributed by atoms with van der Waals surface area (Å²) in [7, 11) is 0. The summed E-state index contributed by atoms with van der Waals surface area (Å²) in [6.07, 6.45) is 3.91. The molecular weight excluding hydrogens is 487 g/mol. The SMILES string of the molecule is Clc1ncc(Br)c(Cl)n1.N#Cc1ncc2cc(Cc3ccc(Cl)cc3)[nH]c2n1. The first-order valence-corrected chi connectivity index (χ1v) is 9.70. The minimum Gasteiger partial charge on any atom is -0.343 e. The van der Waals surface area contributed by atoms with Crippen LogP contribution in [0.5, 0.6) is 0 Å². The van der Waals surface area contributed by atoms with Gasteiger partial charge in [-0.25, -0.2) is 19.9 Å². The fourth-order valence-electron chi connectivity index (χ4n) is 2.27. The van der Waals surface area contributed by atoms with Gasteiger partial charge in [0.15, 0.2) is 0 Å². The van der Waals surface area contributed by atoms with Crippen molar-refractivity contribution in [2.24, 2.45) is 0 Å². The molecule has 0 spiro atoms. The molecule has 1 N–H and O–H groups in total. The molecule has 0 unspecified atom stereocenters. The second-order valence-electron chi connectivity index (χ2n) is 5.48. The van der Waals surface area contributed by atoms with Crippen molar-refractivity contribution in [3.8, 4) is 6.07 Å². The standard InChI is InChI=1S/C14H9ClN4.C4HBrCl2N2/c15-11-3-1-9(2-4-11)5-12-6-10-8-17-13(7-16)19-14(10)18-12;5-2-1-8-4(7)9-3(2)6/h1-4,6,8H,5H2,(H,17,18,19);1H. The van der Waals surface area contributed by atoms with E-state index in [9.17, 15) is 0 Å². The van der Waals surface area contributed by atoms with Crippen LogP contribution in [-0.2, 0) is 6.42 Å². The summed E-state index contributed by atoms with van der Waals surface area (Å²) in [5.74, 6) is 0.174. The van der Waals surface area contributed by atoms with E-state index < -0.39 is 0 Å². The van der Waals surface area contributed by atoms with Crippen LogP contribution in [0.15, 0.2) is 47.2 Å². The van der Waals surface area contributed by atoms with Crippen LogP contribution in [-0.4, -0.2) is 24.9 Å². The third-order valence-corrected chi connectivity index (χ3v) is 5.04. The fraction of sp³-hybridized carbons (Fsp3) is 0.0556. The number of halogens is 4. The summed E-state index contributed by atoms with van der Waals surface area (Å²) in [6.45, 7) is 0. The normalized spacial score (nSPS) is 10.2. The van der Waals surface area contributed by atoms with Gasteiger partial charge in [-0.2, -0.15) is 5.26 Å². The van der Waals surface area contributed by atoms with Gasteiger partial charge in [0.05, 0.1) is 4.47 Å². The van der Waals surface area contributed by atoms with Crippen LogP contribution >= 0.6 is 50.7 Å². The topological polar surface area (TPSA) is 91.1 Å². The van der Waals surface area contributed by atoms with Gasteiger partial charge in [0.25, 0.3) is 0 Å². The Morgan fingerprint density at radius 2 is 1.79 bits per heavy atom. The molecule has 1 aromatic carbocycles. The number of nitrogens with zero attached hydrogens (tertiary/aromatic N) is 5. The Morgan fingerprint density at radius 1 is 1.04 bits per heavy atom. The average Bonchev–Trinajstić information content (AvgIpc) is 3.08. The predicted octanol–water partition coefficient (Wildman–Crippen LogP) is 5.62. The van der Waals surface area contributed by atoms with Gasteiger partial charge >= 0.3 is 0 Å². The van der Waals surface area contributed by atoms with Gasteiger partial charge in [-0.1, -0.05) is 35.3 Å². The second kappa shape index (κ2) is 9.30. The maximum Gasteiger partial charge on any atom is 0.234 e. The number of benzene rings is 1. The third-order valence-electron chi connectivity index (χ3n) is 3.51. The van der Waals surface area contributed by atoms with Crippen molar-refractivity contribution in [1.29, 1.82) is 5.26 Å². The fourth-order valence-corrected chi connectivity index (χ4v) is 2.89. The van der Waals surface area contributed by atoms with E-state index in [-0.39, 0.29) is 11.1 Å². The molecule has 0 aliphatic heterocycles. The van der Waals surface area contributed by atoms with Crippen LogP contribution in [0.1, 0.15) is 17.1 Å². The Balaban J connectivity index is 0.000000211. The smallest absolute Gasteiger partial charge is 0.234 e. The van der Waals surface area contributed by atoms with Crippen molar-refractivity contribution in [2.45, 2.75) is 6.42 Å². The highest BCUT2D eigenvalue weighted by atomic mass is 79.9. The van der Waals surface area contributed by atoms with Crippen LogP contribution in [0.3, 0.4) is 0 Å². The first-order chi connectivity index (χ1) is 13.4. The van der Waals surface area contributed by atoms with E-state index in [0.717, 1.165) is 28.1 Å². The van der Waals surface area contributed by atoms with E-state index in [1.165, 1.54) is 6.20 Å². The summed E-state index contributed by atoms with van der Waals surface area (Å²) in [4.78, 5) is 18.6. The van der Waals surface area contributed by atoms with Gasteiger partial charge in [0.1, 0.15) is 16.9 Å². The van der Waals surface area contributed by atoms with Gasteiger partial charge in [0.2, 0.25) is 11.1 Å². The number of rotatable bonds is 2. The zero-order chi connectivity index (χ0) is 20.1. The lowest BCUT2D eigenvalue weighted by Crippen LogP contribution is -1.89. The van der Waals surface area contributed by atoms with E-state index in [2.05, 4.69) is 40.8 Å². The van der Waals surface area contributed by atoms with Crippen molar-refractivity contribution in [1.82, 2.24) is 24.9 Å². The number of H-pyrrole nitrogens is 1. The van der Waals surface area contributed by atoms with E-state index in [4.69, 9.17) is 40.1 Å². The average molecular weight is 497 g/mol. The van der Waals surface area contributed by atoms with Gasteiger partial charge in [-0.15, -0.1) is 0 Å². The van der Waals surface area contributed by atoms with E-state index in [1.54, 1.807) is 6.20 Å². The monoisotopic (exact) mass is 494 g/mol. The highest BCUT2D eigenvalue weighted by Gasteiger charge is 2.05. The van der Waals surface area contributed by atoms with Crippen LogP contribution in [0.4, 0.5) is 0 Å². The molecule has 4 rings (SSSR count). The quantitative estimate of drug-likeness (QED) is 0.287. The van der Waals surface area contributed by atoms with Crippen LogP contribution < -0.4 is 0 Å². The molecule has 3 aromatic heterocycles. The summed E-state index contributed by atoms with van der Waals surface area (Å²) < 4.78 is 0.647. The Hall–Kier alpha value is -2.24. The van der Waals surface area contributed by atoms with E-state index in [1.807, 2.05) is 36.4 Å². The maximum absolute atomic E-state index is 8.76. The minimum absolute atomic E-state index is 0.156. The Kier molecular flexibility index (Phi) is 6.81. The lowest BCUT2D eigenvalue weighted by Gasteiger charge is -1.98. The number of nitriles is 1. The van der Waals surface area contributed by atoms with Gasteiger partial charge in [-0.3, -0.25) is 0 Å². The first-order valence-electron chi connectivity index (χ1n) is 7.77. The van der Waals surface area contributed by atoms with Crippen molar-refractivity contribution in [3.05, 3.63) is 79.7 Å². The molecule has 3 heterocycles. The zero-order valence-corrected chi connectivity index (χ0v) is 17.9. The molecule has 0 amide bonds. The molecule has 6 nitrogen and oxygen atoms in total. The van der Waals surface area contributed by atoms with Gasteiger partial charge in [0, 0.05) is 34.9 Å². The molecule has 4 aromatic rings. The zero-order valence-electron chi connectivity index (χ0n) is 14.0. The first kappa shape index (κ1) is 20.5. The van der Waals surface area contributed by atoms with Gasteiger partial charge in [-0.05, 0) is 51.3 Å². The van der Waals surface area contributed by atoms with Crippen molar-refractivity contribution < 1.29 is 0 Å². The van der Waals surface area contributed by atoms with Crippen molar-refractivity contribution in [2.75, 3.05) is 0 Å². The van der Waals surface area contributed by atoms with Crippen LogP contribution in [0, 0.1) is 11.3 Å². The molecule has 140 valence electrons. The number of aromatic nitrogens is 5. The summed E-state index contributed by atoms with van der Waals surface area (Å²) >= 11 is 19.9. The number of aromatic amines is 1. The van der Waals surface area contributed by atoms with Crippen LogP contribution in [0.25, 0.3) is 11.0 Å². The number of hydrogen-bond acceptors (Lipinski definition) is 5. The molecule has 0 aliphatic carbocycles. The molecule has 0 radical (unpaired) electrons. The molecule has 0 aliphatic rings.